The molecule has 9 heteroatoms. The molecule has 170 valence electrons. The Morgan fingerprint density at radius 3 is 2.38 bits per heavy atom. The topological polar surface area (TPSA) is 112 Å². The number of nitrogens with zero attached hydrogens (tertiary/aromatic N) is 4. The van der Waals surface area contributed by atoms with Crippen molar-refractivity contribution in [1.29, 1.82) is 0 Å². The molecule has 0 saturated carbocycles. The number of hydrazine groups is 2. The number of carbonyl (C=O) groups excluding carboxylic acids is 1. The standard InChI is InChI=1S/C23H30N6O3/c1-14-12-18(29-17(4)15(2)16(3)26-29)10-11-21(14)32-13-19-20(8-7-9-22(19)31-6)28(25)23(30)27(5)24/h7-12H,13,24-25H2,1-6H3. The molecule has 0 unspecified atom stereocenters. The molecule has 2 amide bonds. The molecular weight excluding hydrogens is 408 g/mol. The molecule has 4 N–H and O–H groups in total. The lowest BCUT2D eigenvalue weighted by Crippen LogP contribution is -2.49. The first kappa shape index (κ1) is 23.1. The largest absolute Gasteiger partial charge is 0.496 e. The molecule has 0 bridgehead atoms. The van der Waals surface area contributed by atoms with Crippen molar-refractivity contribution >= 4 is 11.7 Å². The molecule has 1 heterocycles. The summed E-state index contributed by atoms with van der Waals surface area (Å²) in [5.41, 5.74) is 6.28. The molecule has 32 heavy (non-hydrogen) atoms. The van der Waals surface area contributed by atoms with Crippen molar-refractivity contribution in [3.63, 3.8) is 0 Å². The number of hydrogen-bond donors (Lipinski definition) is 2. The number of amides is 2. The van der Waals surface area contributed by atoms with Gasteiger partial charge in [0, 0.05) is 12.7 Å². The lowest BCUT2D eigenvalue weighted by Gasteiger charge is -2.24. The maximum absolute atomic E-state index is 12.3. The number of aromatic nitrogens is 2. The van der Waals surface area contributed by atoms with E-state index in [0.29, 0.717) is 22.7 Å². The minimum absolute atomic E-state index is 0.147. The lowest BCUT2D eigenvalue weighted by atomic mass is 10.1. The average Bonchev–Trinajstić information content (AvgIpc) is 3.04. The Kier molecular flexibility index (Phi) is 6.71. The number of anilines is 1. The SMILES string of the molecule is COc1cccc(N(N)C(=O)N(C)N)c1COc1ccc(-n2nc(C)c(C)c2C)cc1C. The fourth-order valence-corrected chi connectivity index (χ4v) is 3.44. The van der Waals surface area contributed by atoms with Crippen LogP contribution >= 0.6 is 0 Å². The highest BCUT2D eigenvalue weighted by molar-refractivity contribution is 5.91. The highest BCUT2D eigenvalue weighted by Crippen LogP contribution is 2.31. The van der Waals surface area contributed by atoms with Gasteiger partial charge in [-0.15, -0.1) is 0 Å². The summed E-state index contributed by atoms with van der Waals surface area (Å²) in [4.78, 5) is 12.3. The Hall–Kier alpha value is -3.56. The van der Waals surface area contributed by atoms with E-state index in [-0.39, 0.29) is 6.61 Å². The van der Waals surface area contributed by atoms with Gasteiger partial charge in [-0.25, -0.2) is 26.2 Å². The van der Waals surface area contributed by atoms with Crippen molar-refractivity contribution < 1.29 is 14.3 Å². The van der Waals surface area contributed by atoms with Crippen LogP contribution in [0, 0.1) is 27.7 Å². The fraction of sp³-hybridized carbons (Fsp3) is 0.304. The number of aryl methyl sites for hydroxylation is 2. The van der Waals surface area contributed by atoms with Crippen molar-refractivity contribution in [2.75, 3.05) is 19.2 Å². The summed E-state index contributed by atoms with van der Waals surface area (Å²) in [7, 11) is 2.98. The number of nitrogens with two attached hydrogens (primary N) is 2. The van der Waals surface area contributed by atoms with Gasteiger partial charge in [0.2, 0.25) is 0 Å². The smallest absolute Gasteiger partial charge is 0.352 e. The quantitative estimate of drug-likeness (QED) is 0.347. The van der Waals surface area contributed by atoms with Gasteiger partial charge in [0.1, 0.15) is 18.1 Å². The average molecular weight is 439 g/mol. The minimum atomic E-state index is -0.569. The molecule has 1 aromatic heterocycles. The summed E-state index contributed by atoms with van der Waals surface area (Å²) < 4.78 is 13.5. The minimum Gasteiger partial charge on any atom is -0.496 e. The molecule has 0 aliphatic heterocycles. The predicted octanol–water partition coefficient (Wildman–Crippen LogP) is 3.30. The molecule has 9 nitrogen and oxygen atoms in total. The maximum Gasteiger partial charge on any atom is 0.352 e. The Morgan fingerprint density at radius 1 is 1.09 bits per heavy atom. The third-order valence-corrected chi connectivity index (χ3v) is 5.52. The molecule has 0 saturated heterocycles. The van der Waals surface area contributed by atoms with Crippen LogP contribution in [0.4, 0.5) is 10.5 Å². The van der Waals surface area contributed by atoms with Crippen LogP contribution < -0.4 is 26.2 Å². The van der Waals surface area contributed by atoms with Crippen LogP contribution in [0.2, 0.25) is 0 Å². The van der Waals surface area contributed by atoms with E-state index in [4.69, 9.17) is 21.2 Å². The van der Waals surface area contributed by atoms with E-state index in [1.807, 2.05) is 36.7 Å². The summed E-state index contributed by atoms with van der Waals surface area (Å²) in [6.45, 7) is 8.24. The van der Waals surface area contributed by atoms with Gasteiger partial charge in [-0.3, -0.25) is 5.01 Å². The van der Waals surface area contributed by atoms with E-state index in [1.54, 1.807) is 25.3 Å². The number of carbonyl (C=O) groups is 1. The second-order valence-electron chi connectivity index (χ2n) is 7.67. The molecule has 3 aromatic rings. The Bertz CT molecular complexity index is 1140. The van der Waals surface area contributed by atoms with E-state index < -0.39 is 6.03 Å². The van der Waals surface area contributed by atoms with E-state index in [1.165, 1.54) is 12.6 Å². The summed E-state index contributed by atoms with van der Waals surface area (Å²) in [6.07, 6.45) is 0. The van der Waals surface area contributed by atoms with E-state index in [9.17, 15) is 4.79 Å². The molecule has 0 fully saturated rings. The van der Waals surface area contributed by atoms with E-state index in [2.05, 4.69) is 18.9 Å². The Balaban J connectivity index is 1.88. The van der Waals surface area contributed by atoms with Gasteiger partial charge in [0.15, 0.2) is 0 Å². The second kappa shape index (κ2) is 9.29. The highest BCUT2D eigenvalue weighted by Gasteiger charge is 2.21. The first-order valence-electron chi connectivity index (χ1n) is 10.2. The van der Waals surface area contributed by atoms with Gasteiger partial charge in [0.25, 0.3) is 0 Å². The number of ether oxygens (including phenoxy) is 2. The Labute approximate surface area is 188 Å². The zero-order chi connectivity index (χ0) is 23.6. The lowest BCUT2D eigenvalue weighted by molar-refractivity contribution is 0.216. The van der Waals surface area contributed by atoms with Gasteiger partial charge < -0.3 is 9.47 Å². The zero-order valence-corrected chi connectivity index (χ0v) is 19.3. The van der Waals surface area contributed by atoms with Gasteiger partial charge in [-0.05, 0) is 69.2 Å². The zero-order valence-electron chi connectivity index (χ0n) is 19.3. The molecule has 0 aliphatic carbocycles. The molecule has 0 spiro atoms. The van der Waals surface area contributed by atoms with E-state index in [0.717, 1.165) is 32.7 Å². The number of rotatable bonds is 6. The first-order valence-corrected chi connectivity index (χ1v) is 10.2. The number of benzene rings is 2. The van der Waals surface area contributed by atoms with Crippen molar-refractivity contribution in [1.82, 2.24) is 14.8 Å². The van der Waals surface area contributed by atoms with Gasteiger partial charge in [-0.1, -0.05) is 6.07 Å². The van der Waals surface area contributed by atoms with Crippen molar-refractivity contribution in [3.8, 4) is 17.2 Å². The third kappa shape index (κ3) is 4.39. The van der Waals surface area contributed by atoms with Crippen molar-refractivity contribution in [3.05, 3.63) is 64.5 Å². The second-order valence-corrected chi connectivity index (χ2v) is 7.67. The van der Waals surface area contributed by atoms with Crippen LogP contribution in [0.1, 0.15) is 28.1 Å². The molecule has 0 atom stereocenters. The molecule has 0 radical (unpaired) electrons. The van der Waals surface area contributed by atoms with Crippen LogP contribution in [0.5, 0.6) is 11.5 Å². The van der Waals surface area contributed by atoms with Gasteiger partial charge in [-0.2, -0.15) is 5.10 Å². The molecule has 0 aliphatic rings. The summed E-state index contributed by atoms with van der Waals surface area (Å²) in [5.74, 6) is 12.8. The first-order chi connectivity index (χ1) is 15.1. The van der Waals surface area contributed by atoms with Crippen LogP contribution in [-0.4, -0.2) is 35.0 Å². The third-order valence-electron chi connectivity index (χ3n) is 5.52. The summed E-state index contributed by atoms with van der Waals surface area (Å²) in [5, 5.41) is 6.51. The molecular formula is C23H30N6O3. The summed E-state index contributed by atoms with van der Waals surface area (Å²) in [6, 6.07) is 10.6. The van der Waals surface area contributed by atoms with E-state index >= 15 is 0 Å². The highest BCUT2D eigenvalue weighted by atomic mass is 16.5. The molecule has 2 aromatic carbocycles. The van der Waals surface area contributed by atoms with Crippen LogP contribution in [0.25, 0.3) is 5.69 Å². The molecule has 3 rings (SSSR count). The van der Waals surface area contributed by atoms with Crippen molar-refractivity contribution in [2.24, 2.45) is 11.7 Å². The number of methoxy groups -OCH3 is 1. The van der Waals surface area contributed by atoms with Gasteiger partial charge in [0.05, 0.1) is 29.7 Å². The van der Waals surface area contributed by atoms with Gasteiger partial charge >= 0.3 is 6.03 Å². The normalized spacial score (nSPS) is 10.8. The number of urea groups is 1. The summed E-state index contributed by atoms with van der Waals surface area (Å²) >= 11 is 0. The van der Waals surface area contributed by atoms with Crippen LogP contribution in [0.3, 0.4) is 0 Å². The maximum atomic E-state index is 12.3. The monoisotopic (exact) mass is 438 g/mol. The predicted molar refractivity (Wildman–Crippen MR) is 124 cm³/mol. The van der Waals surface area contributed by atoms with Crippen LogP contribution in [0.15, 0.2) is 36.4 Å². The van der Waals surface area contributed by atoms with Crippen molar-refractivity contribution in [2.45, 2.75) is 34.3 Å². The Morgan fingerprint density at radius 2 is 1.81 bits per heavy atom. The fourth-order valence-electron chi connectivity index (χ4n) is 3.44. The van der Waals surface area contributed by atoms with Crippen LogP contribution in [-0.2, 0) is 6.61 Å². The number of hydrogen-bond acceptors (Lipinski definition) is 6.